The summed E-state index contributed by atoms with van der Waals surface area (Å²) in [6, 6.07) is 5.82. The van der Waals surface area contributed by atoms with E-state index >= 15 is 0 Å². The van der Waals surface area contributed by atoms with Crippen LogP contribution in [0.5, 0.6) is 11.5 Å². The number of nitrogens with zero attached hydrogens (tertiary/aromatic N) is 3. The number of carbonyl (C=O) groups is 1. The molecule has 7 nitrogen and oxygen atoms in total. The Bertz CT molecular complexity index is 791. The summed E-state index contributed by atoms with van der Waals surface area (Å²) in [5.41, 5.74) is 0.735. The van der Waals surface area contributed by atoms with Crippen LogP contribution in [0.2, 0.25) is 0 Å². The molecule has 0 N–H and O–H groups in total. The number of ether oxygens (including phenoxy) is 2. The lowest BCUT2D eigenvalue weighted by Gasteiger charge is -2.31. The Morgan fingerprint density at radius 2 is 1.78 bits per heavy atom. The zero-order valence-corrected chi connectivity index (χ0v) is 15.8. The van der Waals surface area contributed by atoms with Crippen LogP contribution in [0.15, 0.2) is 22.7 Å². The minimum absolute atomic E-state index is 0.00979. The van der Waals surface area contributed by atoms with Gasteiger partial charge in [-0.15, -0.1) is 0 Å². The number of likely N-dealkylation sites (tertiary alicyclic amines) is 1. The normalized spacial score (nSPS) is 20.9. The SMILES string of the molecule is COc1cc(OC)cc(-c2nc(C3CC(=O)N(C4CCCCC4)C3)no2)c1. The third-order valence-electron chi connectivity index (χ3n) is 5.58. The topological polar surface area (TPSA) is 77.7 Å². The Labute approximate surface area is 158 Å². The highest BCUT2D eigenvalue weighted by Gasteiger charge is 2.37. The molecule has 1 saturated heterocycles. The fraction of sp³-hybridized carbons (Fsp3) is 0.550. The van der Waals surface area contributed by atoms with E-state index in [0.717, 1.165) is 18.4 Å². The van der Waals surface area contributed by atoms with Crippen molar-refractivity contribution in [1.82, 2.24) is 15.0 Å². The molecule has 1 aliphatic carbocycles. The molecule has 1 atom stereocenters. The van der Waals surface area contributed by atoms with Gasteiger partial charge < -0.3 is 18.9 Å². The molecule has 0 spiro atoms. The van der Waals surface area contributed by atoms with E-state index in [1.165, 1.54) is 19.3 Å². The number of amides is 1. The first kappa shape index (κ1) is 17.8. The number of aromatic nitrogens is 2. The highest BCUT2D eigenvalue weighted by Crippen LogP contribution is 2.34. The first-order valence-electron chi connectivity index (χ1n) is 9.54. The van der Waals surface area contributed by atoms with Crippen molar-refractivity contribution in [2.45, 2.75) is 50.5 Å². The Hall–Kier alpha value is -2.57. The second-order valence-corrected chi connectivity index (χ2v) is 7.30. The number of methoxy groups -OCH3 is 2. The molecule has 1 unspecified atom stereocenters. The van der Waals surface area contributed by atoms with Gasteiger partial charge in [0.2, 0.25) is 5.91 Å². The van der Waals surface area contributed by atoms with Crippen molar-refractivity contribution in [3.05, 3.63) is 24.0 Å². The molecule has 2 heterocycles. The average Bonchev–Trinajstić information content (AvgIpc) is 3.35. The van der Waals surface area contributed by atoms with Crippen LogP contribution in [0, 0.1) is 0 Å². The van der Waals surface area contributed by atoms with Gasteiger partial charge in [0.15, 0.2) is 5.82 Å². The van der Waals surface area contributed by atoms with Gasteiger partial charge in [0, 0.05) is 36.6 Å². The summed E-state index contributed by atoms with van der Waals surface area (Å²) in [6.07, 6.45) is 6.38. The maximum Gasteiger partial charge on any atom is 0.258 e. The molecular formula is C20H25N3O4. The number of hydrogen-bond donors (Lipinski definition) is 0. The predicted octanol–water partition coefficient (Wildman–Crippen LogP) is 3.40. The lowest BCUT2D eigenvalue weighted by Crippen LogP contribution is -2.37. The minimum atomic E-state index is -0.00979. The molecule has 1 amide bonds. The zero-order chi connectivity index (χ0) is 18.8. The number of hydrogen-bond acceptors (Lipinski definition) is 6. The molecule has 1 aliphatic heterocycles. The number of benzene rings is 1. The molecule has 0 radical (unpaired) electrons. The number of carbonyl (C=O) groups excluding carboxylic acids is 1. The van der Waals surface area contributed by atoms with Gasteiger partial charge in [0.05, 0.1) is 14.2 Å². The molecular weight excluding hydrogens is 346 g/mol. The van der Waals surface area contributed by atoms with Crippen molar-refractivity contribution in [2.24, 2.45) is 0 Å². The van der Waals surface area contributed by atoms with Gasteiger partial charge in [-0.25, -0.2) is 0 Å². The molecule has 0 bridgehead atoms. The molecule has 144 valence electrons. The van der Waals surface area contributed by atoms with Crippen molar-refractivity contribution in [1.29, 1.82) is 0 Å². The zero-order valence-electron chi connectivity index (χ0n) is 15.8. The average molecular weight is 371 g/mol. The highest BCUT2D eigenvalue weighted by atomic mass is 16.5. The van der Waals surface area contributed by atoms with Gasteiger partial charge in [0.25, 0.3) is 5.89 Å². The van der Waals surface area contributed by atoms with Crippen LogP contribution in [0.1, 0.15) is 50.3 Å². The molecule has 2 aliphatic rings. The Balaban J connectivity index is 1.52. The third-order valence-corrected chi connectivity index (χ3v) is 5.58. The van der Waals surface area contributed by atoms with Crippen LogP contribution in [0.3, 0.4) is 0 Å². The van der Waals surface area contributed by atoms with E-state index in [9.17, 15) is 4.79 Å². The smallest absolute Gasteiger partial charge is 0.258 e. The Morgan fingerprint density at radius 3 is 2.44 bits per heavy atom. The van der Waals surface area contributed by atoms with Gasteiger partial charge in [-0.2, -0.15) is 4.98 Å². The minimum Gasteiger partial charge on any atom is -0.497 e. The molecule has 1 aromatic carbocycles. The van der Waals surface area contributed by atoms with Gasteiger partial charge in [-0.1, -0.05) is 24.4 Å². The Kier molecular flexibility index (Phi) is 5.01. The number of rotatable bonds is 5. The van der Waals surface area contributed by atoms with Crippen molar-refractivity contribution in [3.8, 4) is 23.0 Å². The van der Waals surface area contributed by atoms with Crippen LogP contribution in [0.25, 0.3) is 11.5 Å². The predicted molar refractivity (Wildman–Crippen MR) is 98.8 cm³/mol. The summed E-state index contributed by atoms with van der Waals surface area (Å²) in [4.78, 5) is 19.1. The van der Waals surface area contributed by atoms with Crippen molar-refractivity contribution in [3.63, 3.8) is 0 Å². The van der Waals surface area contributed by atoms with Crippen molar-refractivity contribution < 1.29 is 18.8 Å². The van der Waals surface area contributed by atoms with E-state index in [2.05, 4.69) is 10.1 Å². The van der Waals surface area contributed by atoms with E-state index in [1.807, 2.05) is 17.0 Å². The van der Waals surface area contributed by atoms with Crippen LogP contribution >= 0.6 is 0 Å². The Morgan fingerprint density at radius 1 is 1.07 bits per heavy atom. The van der Waals surface area contributed by atoms with Gasteiger partial charge in [-0.3, -0.25) is 4.79 Å². The second kappa shape index (κ2) is 7.58. The molecule has 4 rings (SSSR count). The largest absolute Gasteiger partial charge is 0.497 e. The first-order chi connectivity index (χ1) is 13.2. The quantitative estimate of drug-likeness (QED) is 0.802. The van der Waals surface area contributed by atoms with Crippen LogP contribution in [-0.2, 0) is 4.79 Å². The second-order valence-electron chi connectivity index (χ2n) is 7.30. The van der Waals surface area contributed by atoms with Crippen LogP contribution in [0.4, 0.5) is 0 Å². The van der Waals surface area contributed by atoms with Crippen LogP contribution < -0.4 is 9.47 Å². The van der Waals surface area contributed by atoms with E-state index in [4.69, 9.17) is 14.0 Å². The van der Waals surface area contributed by atoms with Crippen molar-refractivity contribution >= 4 is 5.91 Å². The monoisotopic (exact) mass is 371 g/mol. The first-order valence-corrected chi connectivity index (χ1v) is 9.54. The maximum absolute atomic E-state index is 12.5. The van der Waals surface area contributed by atoms with Gasteiger partial charge in [-0.05, 0) is 25.0 Å². The van der Waals surface area contributed by atoms with Gasteiger partial charge in [0.1, 0.15) is 11.5 Å². The fourth-order valence-corrected chi connectivity index (χ4v) is 4.10. The highest BCUT2D eigenvalue weighted by molar-refractivity contribution is 5.80. The molecule has 1 saturated carbocycles. The maximum atomic E-state index is 12.5. The summed E-state index contributed by atoms with van der Waals surface area (Å²) in [7, 11) is 3.20. The van der Waals surface area contributed by atoms with E-state index in [1.54, 1.807) is 20.3 Å². The summed E-state index contributed by atoms with van der Waals surface area (Å²) in [5.74, 6) is 2.52. The van der Waals surface area contributed by atoms with E-state index < -0.39 is 0 Å². The molecule has 2 fully saturated rings. The standard InChI is InChI=1S/C20H25N3O4/c1-25-16-8-13(9-17(11-16)26-2)20-21-19(22-27-20)14-10-18(24)23(12-14)15-6-4-3-5-7-15/h8-9,11,14-15H,3-7,10,12H2,1-2H3. The fourth-order valence-electron chi connectivity index (χ4n) is 4.10. The van der Waals surface area contributed by atoms with Gasteiger partial charge >= 0.3 is 0 Å². The summed E-state index contributed by atoms with van der Waals surface area (Å²) < 4.78 is 16.1. The van der Waals surface area contributed by atoms with Crippen LogP contribution in [-0.4, -0.2) is 47.8 Å². The lowest BCUT2D eigenvalue weighted by atomic mass is 9.94. The summed E-state index contributed by atoms with van der Waals surface area (Å²) in [5, 5.41) is 4.15. The third kappa shape index (κ3) is 3.63. The van der Waals surface area contributed by atoms with E-state index in [-0.39, 0.29) is 11.8 Å². The van der Waals surface area contributed by atoms with Crippen molar-refractivity contribution in [2.75, 3.05) is 20.8 Å². The summed E-state index contributed by atoms with van der Waals surface area (Å²) >= 11 is 0. The molecule has 7 heteroatoms. The molecule has 2 aromatic rings. The molecule has 1 aromatic heterocycles. The van der Waals surface area contributed by atoms with E-state index in [0.29, 0.717) is 42.2 Å². The molecule has 27 heavy (non-hydrogen) atoms. The summed E-state index contributed by atoms with van der Waals surface area (Å²) in [6.45, 7) is 0.684. The lowest BCUT2D eigenvalue weighted by molar-refractivity contribution is -0.130.